The van der Waals surface area contributed by atoms with Crippen molar-refractivity contribution in [1.82, 2.24) is 20.2 Å². The number of nitrogens with one attached hydrogen (secondary N) is 1. The summed E-state index contributed by atoms with van der Waals surface area (Å²) in [6.07, 6.45) is 7.75. The molecule has 174 valence electrons. The van der Waals surface area contributed by atoms with E-state index in [-0.39, 0.29) is 22.4 Å². The van der Waals surface area contributed by atoms with Crippen LogP contribution in [0.3, 0.4) is 0 Å². The third-order valence-electron chi connectivity index (χ3n) is 5.43. The highest BCUT2D eigenvalue weighted by Gasteiger charge is 2.25. The number of hydrogen-bond acceptors (Lipinski definition) is 9. The second-order valence-electron chi connectivity index (χ2n) is 7.77. The van der Waals surface area contributed by atoms with Gasteiger partial charge in [0, 0.05) is 28.3 Å². The van der Waals surface area contributed by atoms with Crippen molar-refractivity contribution in [3.8, 4) is 16.9 Å². The van der Waals surface area contributed by atoms with Gasteiger partial charge in [-0.25, -0.2) is 4.98 Å². The maximum Gasteiger partial charge on any atom is 0.259 e. The predicted molar refractivity (Wildman–Crippen MR) is 130 cm³/mol. The number of hydrogen-bond donors (Lipinski definition) is 2. The number of anilines is 1. The molecular formula is C22H24ClN5O3S2. The number of amides is 1. The van der Waals surface area contributed by atoms with Crippen molar-refractivity contribution in [3.05, 3.63) is 40.9 Å². The molecular weight excluding hydrogens is 482 g/mol. The Morgan fingerprint density at radius 2 is 2.00 bits per heavy atom. The zero-order chi connectivity index (χ0) is 23.4. The normalized spacial score (nSPS) is 18.5. The van der Waals surface area contributed by atoms with Crippen molar-refractivity contribution < 1.29 is 14.6 Å². The first-order valence-corrected chi connectivity index (χ1v) is 12.7. The molecule has 3 aromatic heterocycles. The van der Waals surface area contributed by atoms with Crippen LogP contribution in [0, 0.1) is 6.92 Å². The number of aliphatic hydroxyl groups is 1. The molecule has 1 amide bonds. The molecule has 0 radical (unpaired) electrons. The summed E-state index contributed by atoms with van der Waals surface area (Å²) in [6, 6.07) is 3.46. The lowest BCUT2D eigenvalue weighted by Crippen LogP contribution is -2.21. The zero-order valence-corrected chi connectivity index (χ0v) is 20.6. The number of aliphatic hydroxyl groups excluding tert-OH is 1. The van der Waals surface area contributed by atoms with E-state index in [9.17, 15) is 9.90 Å². The Morgan fingerprint density at radius 1 is 1.18 bits per heavy atom. The second-order valence-corrected chi connectivity index (χ2v) is 10.6. The number of rotatable bonds is 6. The van der Waals surface area contributed by atoms with Gasteiger partial charge in [-0.2, -0.15) is 0 Å². The molecule has 1 saturated carbocycles. The fraction of sp³-hybridized carbons (Fsp3) is 0.409. The number of carbonyl (C=O) groups is 1. The summed E-state index contributed by atoms with van der Waals surface area (Å²) >= 11 is 8.93. The fourth-order valence-corrected chi connectivity index (χ4v) is 6.10. The fourth-order valence-electron chi connectivity index (χ4n) is 3.75. The maximum absolute atomic E-state index is 13.2. The van der Waals surface area contributed by atoms with Gasteiger partial charge in [-0.1, -0.05) is 54.0 Å². The van der Waals surface area contributed by atoms with Gasteiger partial charge in [0.15, 0.2) is 4.34 Å². The molecule has 1 aliphatic rings. The van der Waals surface area contributed by atoms with Crippen molar-refractivity contribution in [2.24, 2.45) is 0 Å². The number of ether oxygens (including phenoxy) is 1. The van der Waals surface area contributed by atoms with E-state index in [0.29, 0.717) is 27.6 Å². The van der Waals surface area contributed by atoms with Gasteiger partial charge < -0.3 is 9.84 Å². The topological polar surface area (TPSA) is 110 Å². The number of thioether (sulfide) groups is 1. The lowest BCUT2D eigenvalue weighted by Gasteiger charge is -2.17. The lowest BCUT2D eigenvalue weighted by molar-refractivity contribution is 0.102. The Morgan fingerprint density at radius 3 is 2.82 bits per heavy atom. The molecule has 3 aromatic rings. The average Bonchev–Trinajstić information content (AvgIpc) is 3.14. The highest BCUT2D eigenvalue weighted by molar-refractivity contribution is 8.01. The minimum Gasteiger partial charge on any atom is -0.494 e. The van der Waals surface area contributed by atoms with Crippen LogP contribution in [0.5, 0.6) is 5.75 Å². The summed E-state index contributed by atoms with van der Waals surface area (Å²) in [5, 5.41) is 22.3. The quantitative estimate of drug-likeness (QED) is 0.273. The SMILES string of the molecule is COc1cnc(Cl)cc1-c1cc(C)ncc1C(=O)Nc1nnc(S[C@@H]2CCCCC[C@H]2O)s1. The summed E-state index contributed by atoms with van der Waals surface area (Å²) in [6.45, 7) is 1.84. The first kappa shape index (κ1) is 23.9. The van der Waals surface area contributed by atoms with Crippen molar-refractivity contribution in [3.63, 3.8) is 0 Å². The number of halogens is 1. The van der Waals surface area contributed by atoms with Crippen LogP contribution >= 0.6 is 34.7 Å². The van der Waals surface area contributed by atoms with Gasteiger partial charge in [0.05, 0.1) is 25.0 Å². The van der Waals surface area contributed by atoms with Crippen molar-refractivity contribution >= 4 is 45.7 Å². The van der Waals surface area contributed by atoms with Gasteiger partial charge in [-0.15, -0.1) is 10.2 Å². The monoisotopic (exact) mass is 505 g/mol. The van der Waals surface area contributed by atoms with Gasteiger partial charge in [0.2, 0.25) is 5.13 Å². The van der Waals surface area contributed by atoms with Crippen molar-refractivity contribution in [2.45, 2.75) is 54.7 Å². The predicted octanol–water partition coefficient (Wildman–Crippen LogP) is 5.00. The van der Waals surface area contributed by atoms with Crippen molar-refractivity contribution in [1.29, 1.82) is 0 Å². The van der Waals surface area contributed by atoms with Gasteiger partial charge in [0.25, 0.3) is 5.91 Å². The van der Waals surface area contributed by atoms with E-state index in [1.165, 1.54) is 42.6 Å². The second kappa shape index (κ2) is 10.8. The van der Waals surface area contributed by atoms with E-state index in [4.69, 9.17) is 16.3 Å². The van der Waals surface area contributed by atoms with Gasteiger partial charge >= 0.3 is 0 Å². The van der Waals surface area contributed by atoms with Gasteiger partial charge in [-0.3, -0.25) is 15.1 Å². The third kappa shape index (κ3) is 5.81. The first-order chi connectivity index (χ1) is 15.9. The van der Waals surface area contributed by atoms with E-state index in [2.05, 4.69) is 25.5 Å². The van der Waals surface area contributed by atoms with E-state index < -0.39 is 0 Å². The molecule has 33 heavy (non-hydrogen) atoms. The largest absolute Gasteiger partial charge is 0.494 e. The summed E-state index contributed by atoms with van der Waals surface area (Å²) in [5.41, 5.74) is 2.36. The molecule has 4 rings (SSSR count). The molecule has 11 heteroatoms. The van der Waals surface area contributed by atoms with Crippen molar-refractivity contribution in [2.75, 3.05) is 12.4 Å². The van der Waals surface area contributed by atoms with Crippen LogP contribution < -0.4 is 10.1 Å². The highest BCUT2D eigenvalue weighted by Crippen LogP contribution is 2.37. The Hall–Kier alpha value is -2.27. The third-order valence-corrected chi connectivity index (χ3v) is 7.94. The smallest absolute Gasteiger partial charge is 0.259 e. The van der Waals surface area contributed by atoms with Gasteiger partial charge in [0.1, 0.15) is 10.9 Å². The number of methoxy groups -OCH3 is 1. The van der Waals surface area contributed by atoms with Crippen LogP contribution in [-0.4, -0.2) is 49.6 Å². The van der Waals surface area contributed by atoms with E-state index >= 15 is 0 Å². The number of nitrogens with zero attached hydrogens (tertiary/aromatic N) is 4. The Kier molecular flexibility index (Phi) is 7.79. The highest BCUT2D eigenvalue weighted by atomic mass is 35.5. The standard InChI is InChI=1S/C22H24ClN5O3S2/c1-12-8-13(14-9-19(23)25-11-17(14)31-2)15(10-24-12)20(30)26-21-27-28-22(33-21)32-18-7-5-3-4-6-16(18)29/h8-11,16,18,29H,3-7H2,1-2H3,(H,26,27,30)/t16-,18-/m1/s1. The summed E-state index contributed by atoms with van der Waals surface area (Å²) in [4.78, 5) is 21.5. The molecule has 3 heterocycles. The van der Waals surface area contributed by atoms with E-state index in [1.807, 2.05) is 6.92 Å². The molecule has 2 N–H and O–H groups in total. The Labute approximate surface area is 205 Å². The zero-order valence-electron chi connectivity index (χ0n) is 18.2. The molecule has 0 spiro atoms. The molecule has 0 saturated heterocycles. The van der Waals surface area contributed by atoms with Crippen LogP contribution in [0.4, 0.5) is 5.13 Å². The minimum atomic E-state index is -0.366. The molecule has 1 aliphatic carbocycles. The number of carbonyl (C=O) groups excluding carboxylic acids is 1. The lowest BCUT2D eigenvalue weighted by atomic mass is 10.0. The summed E-state index contributed by atoms with van der Waals surface area (Å²) < 4.78 is 6.15. The van der Waals surface area contributed by atoms with Crippen LogP contribution in [0.15, 0.2) is 28.9 Å². The minimum absolute atomic E-state index is 0.0980. The number of aryl methyl sites for hydroxylation is 1. The Bertz CT molecular complexity index is 1140. The molecule has 1 fully saturated rings. The number of pyridine rings is 2. The molecule has 2 atom stereocenters. The van der Waals surface area contributed by atoms with Crippen LogP contribution in [0.1, 0.15) is 48.2 Å². The average molecular weight is 506 g/mol. The summed E-state index contributed by atoms with van der Waals surface area (Å²) in [5.74, 6) is 0.130. The maximum atomic E-state index is 13.2. The van der Waals surface area contributed by atoms with Gasteiger partial charge in [-0.05, 0) is 31.9 Å². The van der Waals surface area contributed by atoms with E-state index in [0.717, 1.165) is 42.1 Å². The first-order valence-electron chi connectivity index (χ1n) is 10.6. The molecule has 0 aromatic carbocycles. The van der Waals surface area contributed by atoms with E-state index in [1.54, 1.807) is 12.1 Å². The molecule has 0 unspecified atom stereocenters. The molecule has 0 bridgehead atoms. The number of aromatic nitrogens is 4. The summed E-state index contributed by atoms with van der Waals surface area (Å²) in [7, 11) is 1.54. The van der Waals surface area contributed by atoms with Crippen LogP contribution in [0.25, 0.3) is 11.1 Å². The molecule has 8 nitrogen and oxygen atoms in total. The molecule has 0 aliphatic heterocycles. The van der Waals surface area contributed by atoms with Crippen LogP contribution in [0.2, 0.25) is 5.15 Å². The Balaban J connectivity index is 1.55. The van der Waals surface area contributed by atoms with Crippen LogP contribution in [-0.2, 0) is 0 Å².